The molecular formula is C45H73B2NO4. The number of rotatable bonds is 21. The summed E-state index contributed by atoms with van der Waals surface area (Å²) in [5.74, 6) is 0. The number of nitrogens with zero attached hydrogens (tertiary/aromatic N) is 1. The van der Waals surface area contributed by atoms with Gasteiger partial charge in [0.05, 0.1) is 22.4 Å². The summed E-state index contributed by atoms with van der Waals surface area (Å²) in [4.78, 5) is 0. The highest BCUT2D eigenvalue weighted by atomic mass is 16.7. The lowest BCUT2D eigenvalue weighted by atomic mass is 9.78. The van der Waals surface area contributed by atoms with Crippen LogP contribution in [0.2, 0.25) is 0 Å². The lowest BCUT2D eigenvalue weighted by Gasteiger charge is -2.32. The molecule has 2 aromatic carbocycles. The zero-order chi connectivity index (χ0) is 37.6. The molecule has 3 aromatic rings. The van der Waals surface area contributed by atoms with Gasteiger partial charge in [-0.3, -0.25) is 0 Å². The van der Waals surface area contributed by atoms with Crippen LogP contribution in [0, 0.1) is 0 Å². The highest BCUT2D eigenvalue weighted by molar-refractivity contribution is 6.63. The van der Waals surface area contributed by atoms with E-state index in [0.29, 0.717) is 6.04 Å². The molecule has 0 unspecified atom stereocenters. The van der Waals surface area contributed by atoms with E-state index in [1.165, 1.54) is 137 Å². The molecule has 52 heavy (non-hydrogen) atoms. The molecule has 0 aliphatic carbocycles. The maximum atomic E-state index is 6.59. The summed E-state index contributed by atoms with van der Waals surface area (Å²) in [5.41, 5.74) is 3.24. The second-order valence-electron chi connectivity index (χ2n) is 18.3. The minimum Gasteiger partial charge on any atom is -0.399 e. The molecule has 7 heteroatoms. The molecule has 0 bridgehead atoms. The number of unbranched alkanes of at least 4 members (excludes halogenated alkanes) is 14. The van der Waals surface area contributed by atoms with Gasteiger partial charge in [0, 0.05) is 27.8 Å². The van der Waals surface area contributed by atoms with Crippen LogP contribution in [0.5, 0.6) is 0 Å². The number of hydrogen-bond acceptors (Lipinski definition) is 4. The summed E-state index contributed by atoms with van der Waals surface area (Å²) in [6.07, 6.45) is 23.9. The van der Waals surface area contributed by atoms with E-state index in [-0.39, 0.29) is 36.6 Å². The lowest BCUT2D eigenvalue weighted by Crippen LogP contribution is -2.41. The molecule has 0 radical (unpaired) electrons. The van der Waals surface area contributed by atoms with Gasteiger partial charge in [-0.25, -0.2) is 0 Å². The van der Waals surface area contributed by atoms with E-state index >= 15 is 0 Å². The first kappa shape index (κ1) is 41.4. The zero-order valence-corrected chi connectivity index (χ0v) is 35.0. The fourth-order valence-electron chi connectivity index (χ4n) is 8.16. The van der Waals surface area contributed by atoms with E-state index in [1.807, 2.05) is 0 Å². The summed E-state index contributed by atoms with van der Waals surface area (Å²) in [5, 5.41) is 2.60. The Bertz CT molecular complexity index is 1430. The molecular weight excluding hydrogens is 640 g/mol. The van der Waals surface area contributed by atoms with Gasteiger partial charge in [0.15, 0.2) is 0 Å². The number of aromatic nitrogens is 1. The second kappa shape index (κ2) is 17.8. The SMILES string of the molecule is CCCCCCCCCCC(CCCCCCCCCC)n1c2cc(B3OC(C)(C)C(C)(C)O3)ccc2c2ccc(B3OC(C)(C)C(C)(C)O3)cc21. The molecule has 0 amide bonds. The molecule has 2 aliphatic heterocycles. The fraction of sp³-hybridized carbons (Fsp3) is 0.733. The molecule has 5 nitrogen and oxygen atoms in total. The van der Waals surface area contributed by atoms with Gasteiger partial charge in [-0.2, -0.15) is 0 Å². The van der Waals surface area contributed by atoms with Gasteiger partial charge in [-0.15, -0.1) is 0 Å². The Labute approximate surface area is 318 Å². The molecule has 0 spiro atoms. The third-order valence-electron chi connectivity index (χ3n) is 13.1. The third kappa shape index (κ3) is 9.53. The van der Waals surface area contributed by atoms with Crippen molar-refractivity contribution in [1.29, 1.82) is 0 Å². The minimum absolute atomic E-state index is 0.382. The minimum atomic E-state index is -0.389. The predicted molar refractivity (Wildman–Crippen MR) is 224 cm³/mol. The highest BCUT2D eigenvalue weighted by Crippen LogP contribution is 2.40. The summed E-state index contributed by atoms with van der Waals surface area (Å²) in [6, 6.07) is 14.2. The van der Waals surface area contributed by atoms with Crippen LogP contribution < -0.4 is 10.9 Å². The summed E-state index contributed by atoms with van der Waals surface area (Å²) in [7, 11) is -0.778. The first-order chi connectivity index (χ1) is 24.7. The Morgan fingerprint density at radius 2 is 0.769 bits per heavy atom. The Morgan fingerprint density at radius 1 is 0.462 bits per heavy atom. The van der Waals surface area contributed by atoms with Crippen LogP contribution in [-0.2, 0) is 18.6 Å². The fourth-order valence-corrected chi connectivity index (χ4v) is 8.16. The predicted octanol–water partition coefficient (Wildman–Crippen LogP) is 12.0. The first-order valence-electron chi connectivity index (χ1n) is 21.5. The quantitative estimate of drug-likeness (QED) is 0.0814. The van der Waals surface area contributed by atoms with E-state index in [1.54, 1.807) is 0 Å². The highest BCUT2D eigenvalue weighted by Gasteiger charge is 2.53. The smallest absolute Gasteiger partial charge is 0.399 e. The Balaban J connectivity index is 1.49. The van der Waals surface area contributed by atoms with E-state index in [2.05, 4.69) is 110 Å². The lowest BCUT2D eigenvalue weighted by molar-refractivity contribution is 0.00578. The number of fused-ring (bicyclic) bond motifs is 3. The van der Waals surface area contributed by atoms with Crippen molar-refractivity contribution in [3.63, 3.8) is 0 Å². The maximum absolute atomic E-state index is 6.59. The molecule has 3 heterocycles. The summed E-state index contributed by atoms with van der Waals surface area (Å²) >= 11 is 0. The Hall–Kier alpha value is -1.79. The van der Waals surface area contributed by atoms with Crippen LogP contribution in [0.1, 0.15) is 191 Å². The van der Waals surface area contributed by atoms with Crippen molar-refractivity contribution in [1.82, 2.24) is 4.57 Å². The zero-order valence-electron chi connectivity index (χ0n) is 35.0. The summed E-state index contributed by atoms with van der Waals surface area (Å²) < 4.78 is 29.1. The molecule has 0 N–H and O–H groups in total. The van der Waals surface area contributed by atoms with Crippen LogP contribution in [0.4, 0.5) is 0 Å². The normalized spacial score (nSPS) is 19.2. The van der Waals surface area contributed by atoms with E-state index in [0.717, 1.165) is 10.9 Å². The van der Waals surface area contributed by atoms with Gasteiger partial charge in [0.2, 0.25) is 0 Å². The largest absolute Gasteiger partial charge is 0.494 e. The molecule has 2 saturated heterocycles. The standard InChI is InChI=1S/C45H73B2NO4/c1-11-13-15-17-19-21-23-25-27-37(28-26-24-22-20-18-16-14-12-2)48-40-33-35(46-49-42(3,4)43(5,6)50-46)29-31-38(40)39-32-30-36(34-41(39)48)47-51-44(7,8)45(9,10)52-47/h29-34,37H,11-28H2,1-10H3. The van der Waals surface area contributed by atoms with Crippen molar-refractivity contribution >= 4 is 47.0 Å². The van der Waals surface area contributed by atoms with Crippen molar-refractivity contribution in [2.24, 2.45) is 0 Å². The van der Waals surface area contributed by atoms with Crippen LogP contribution >= 0.6 is 0 Å². The van der Waals surface area contributed by atoms with Gasteiger partial charge in [-0.1, -0.05) is 141 Å². The average molecular weight is 714 g/mol. The Kier molecular flexibility index (Phi) is 14.1. The van der Waals surface area contributed by atoms with Gasteiger partial charge in [-0.05, 0) is 91.3 Å². The molecule has 5 rings (SSSR count). The molecule has 0 saturated carbocycles. The van der Waals surface area contributed by atoms with Gasteiger partial charge in [0.1, 0.15) is 0 Å². The number of hydrogen-bond donors (Lipinski definition) is 0. The van der Waals surface area contributed by atoms with Crippen molar-refractivity contribution in [2.45, 2.75) is 213 Å². The van der Waals surface area contributed by atoms with Crippen molar-refractivity contribution in [3.05, 3.63) is 36.4 Å². The van der Waals surface area contributed by atoms with Crippen molar-refractivity contribution < 1.29 is 18.6 Å². The summed E-state index contributed by atoms with van der Waals surface area (Å²) in [6.45, 7) is 21.7. The van der Waals surface area contributed by atoms with E-state index < -0.39 is 0 Å². The van der Waals surface area contributed by atoms with Crippen LogP contribution in [0.25, 0.3) is 21.8 Å². The first-order valence-corrected chi connectivity index (χ1v) is 21.5. The molecule has 2 fully saturated rings. The molecule has 288 valence electrons. The van der Waals surface area contributed by atoms with Crippen LogP contribution in [0.15, 0.2) is 36.4 Å². The van der Waals surface area contributed by atoms with E-state index in [4.69, 9.17) is 18.6 Å². The second-order valence-corrected chi connectivity index (χ2v) is 18.3. The van der Waals surface area contributed by atoms with Gasteiger partial charge < -0.3 is 23.2 Å². The monoisotopic (exact) mass is 714 g/mol. The Morgan fingerprint density at radius 3 is 1.10 bits per heavy atom. The maximum Gasteiger partial charge on any atom is 0.494 e. The third-order valence-corrected chi connectivity index (χ3v) is 13.1. The topological polar surface area (TPSA) is 41.9 Å². The average Bonchev–Trinajstić information content (AvgIpc) is 3.62. The van der Waals surface area contributed by atoms with Gasteiger partial charge >= 0.3 is 14.2 Å². The van der Waals surface area contributed by atoms with E-state index in [9.17, 15) is 0 Å². The molecule has 0 atom stereocenters. The van der Waals surface area contributed by atoms with Crippen molar-refractivity contribution in [2.75, 3.05) is 0 Å². The molecule has 2 aliphatic rings. The van der Waals surface area contributed by atoms with Gasteiger partial charge in [0.25, 0.3) is 0 Å². The number of benzene rings is 2. The van der Waals surface area contributed by atoms with Crippen LogP contribution in [0.3, 0.4) is 0 Å². The molecule has 1 aromatic heterocycles. The van der Waals surface area contributed by atoms with Crippen LogP contribution in [-0.4, -0.2) is 41.2 Å². The van der Waals surface area contributed by atoms with Crippen molar-refractivity contribution in [3.8, 4) is 0 Å².